The van der Waals surface area contributed by atoms with Crippen LogP contribution in [0.1, 0.15) is 59.8 Å². The smallest absolute Gasteiger partial charge is 0.302 e. The molecule has 6 nitrogen and oxygen atoms in total. The van der Waals surface area contributed by atoms with Gasteiger partial charge in [-0.2, -0.15) is 0 Å². The average molecular weight is 388 g/mol. The van der Waals surface area contributed by atoms with E-state index in [2.05, 4.69) is 6.58 Å². The van der Waals surface area contributed by atoms with Crippen LogP contribution >= 0.6 is 0 Å². The van der Waals surface area contributed by atoms with Gasteiger partial charge in [-0.25, -0.2) is 0 Å². The van der Waals surface area contributed by atoms with Gasteiger partial charge in [0.25, 0.3) is 0 Å². The second-order valence-electron chi connectivity index (χ2n) is 9.75. The molecule has 0 spiro atoms. The maximum Gasteiger partial charge on any atom is 0.302 e. The summed E-state index contributed by atoms with van der Waals surface area (Å²) in [6.45, 7) is 11.1. The molecule has 1 aliphatic heterocycles. The molecular weight excluding hydrogens is 360 g/mol. The van der Waals surface area contributed by atoms with Gasteiger partial charge >= 0.3 is 5.97 Å². The Hall–Kier alpha value is -1.82. The Bertz CT molecular complexity index is 810. The van der Waals surface area contributed by atoms with Gasteiger partial charge in [-0.3, -0.25) is 19.2 Å². The van der Waals surface area contributed by atoms with Crippen molar-refractivity contribution in [2.24, 2.45) is 22.7 Å². The standard InChI is InChI=1S/C22H28O6/c1-11-13-6-7-15(24)21(5)9-8-17(27-12(2)23)20(3,4)14(21)10-16(25)22(18(11)26)19(13)28-22/h13-14,17,19H,1,6-10H2,2-5H3/t13-,14+,17+,19-,21+,22+/m0/s1. The lowest BCUT2D eigenvalue weighted by Crippen LogP contribution is -2.55. The van der Waals surface area contributed by atoms with Gasteiger partial charge in [0.1, 0.15) is 18.0 Å². The maximum absolute atomic E-state index is 13.3. The van der Waals surface area contributed by atoms with Crippen LogP contribution in [0.15, 0.2) is 12.2 Å². The largest absolute Gasteiger partial charge is 0.462 e. The molecule has 4 rings (SSSR count). The number of rotatable bonds is 1. The molecule has 152 valence electrons. The monoisotopic (exact) mass is 388 g/mol. The lowest BCUT2D eigenvalue weighted by atomic mass is 9.51. The molecule has 3 saturated carbocycles. The summed E-state index contributed by atoms with van der Waals surface area (Å²) in [5.74, 6) is -1.41. The first kappa shape index (κ1) is 19.5. The third kappa shape index (κ3) is 2.36. The molecule has 4 aliphatic rings. The number of esters is 1. The van der Waals surface area contributed by atoms with Gasteiger partial charge in [-0.05, 0) is 30.8 Å². The van der Waals surface area contributed by atoms with Crippen LogP contribution in [0.4, 0.5) is 0 Å². The molecule has 0 aromatic heterocycles. The van der Waals surface area contributed by atoms with E-state index >= 15 is 0 Å². The first-order valence-electron chi connectivity index (χ1n) is 10.1. The summed E-state index contributed by atoms with van der Waals surface area (Å²) in [6, 6.07) is 0. The number of hydrogen-bond donors (Lipinski definition) is 0. The Morgan fingerprint density at radius 2 is 1.82 bits per heavy atom. The highest BCUT2D eigenvalue weighted by Gasteiger charge is 2.76. The van der Waals surface area contributed by atoms with Crippen molar-refractivity contribution in [3.8, 4) is 0 Å². The minimum Gasteiger partial charge on any atom is -0.462 e. The van der Waals surface area contributed by atoms with Crippen LogP contribution in [0, 0.1) is 22.7 Å². The molecule has 4 fully saturated rings. The van der Waals surface area contributed by atoms with Gasteiger partial charge in [0.2, 0.25) is 11.4 Å². The number of epoxide rings is 1. The van der Waals surface area contributed by atoms with E-state index in [-0.39, 0.29) is 47.7 Å². The average Bonchev–Trinajstić information content (AvgIpc) is 3.31. The summed E-state index contributed by atoms with van der Waals surface area (Å²) < 4.78 is 11.2. The molecule has 0 radical (unpaired) electrons. The summed E-state index contributed by atoms with van der Waals surface area (Å²) >= 11 is 0. The molecule has 0 aromatic carbocycles. The highest BCUT2D eigenvalue weighted by atomic mass is 16.6. The van der Waals surface area contributed by atoms with Gasteiger partial charge in [-0.1, -0.05) is 27.4 Å². The summed E-state index contributed by atoms with van der Waals surface area (Å²) in [5.41, 5.74) is -2.24. The number of carbonyl (C=O) groups is 4. The van der Waals surface area contributed by atoms with Gasteiger partial charge in [-0.15, -0.1) is 0 Å². The number of hydrogen-bond acceptors (Lipinski definition) is 6. The Kier molecular flexibility index (Phi) is 4.07. The van der Waals surface area contributed by atoms with Crippen LogP contribution in [0.3, 0.4) is 0 Å². The van der Waals surface area contributed by atoms with Crippen molar-refractivity contribution in [2.45, 2.75) is 77.6 Å². The number of Topliss-reactive ketones (excluding diaryl/α,β-unsaturated/α-hetero) is 3. The van der Waals surface area contributed by atoms with E-state index in [0.717, 1.165) is 0 Å². The quantitative estimate of drug-likeness (QED) is 0.297. The second kappa shape index (κ2) is 5.85. The fourth-order valence-electron chi connectivity index (χ4n) is 6.15. The molecule has 0 N–H and O–H groups in total. The van der Waals surface area contributed by atoms with E-state index in [1.165, 1.54) is 6.92 Å². The molecular formula is C22H28O6. The van der Waals surface area contributed by atoms with E-state index in [1.54, 1.807) is 0 Å². The van der Waals surface area contributed by atoms with Crippen molar-refractivity contribution in [1.29, 1.82) is 0 Å². The first-order valence-corrected chi connectivity index (χ1v) is 10.1. The molecule has 0 aromatic rings. The molecule has 6 atom stereocenters. The molecule has 0 unspecified atom stereocenters. The molecule has 1 heterocycles. The third-order valence-corrected chi connectivity index (χ3v) is 7.95. The molecule has 3 aliphatic carbocycles. The van der Waals surface area contributed by atoms with Gasteiger partial charge < -0.3 is 9.47 Å². The summed E-state index contributed by atoms with van der Waals surface area (Å²) in [6.07, 6.45) is 1.19. The zero-order valence-electron chi connectivity index (χ0n) is 17.0. The minimum atomic E-state index is -1.38. The zero-order valence-corrected chi connectivity index (χ0v) is 17.0. The summed E-state index contributed by atoms with van der Waals surface area (Å²) in [7, 11) is 0. The number of ketones is 3. The predicted molar refractivity (Wildman–Crippen MR) is 99.3 cm³/mol. The Morgan fingerprint density at radius 1 is 1.14 bits per heavy atom. The SMILES string of the molecule is C=C1C(=O)[C@@]23O[C@H]2[C@H]1CCC(=O)[C@]1(C)CC[C@@H](OC(C)=O)C(C)(C)[C@H]1CC3=O. The lowest BCUT2D eigenvalue weighted by molar-refractivity contribution is -0.172. The van der Waals surface area contributed by atoms with Crippen molar-refractivity contribution in [3.05, 3.63) is 12.2 Å². The van der Waals surface area contributed by atoms with Crippen LogP contribution in [-0.4, -0.2) is 41.1 Å². The number of fused-ring (bicyclic) bond motifs is 1. The van der Waals surface area contributed by atoms with E-state index in [9.17, 15) is 19.2 Å². The van der Waals surface area contributed by atoms with Crippen molar-refractivity contribution >= 4 is 23.3 Å². The summed E-state index contributed by atoms with van der Waals surface area (Å²) in [5, 5.41) is 0. The Morgan fingerprint density at radius 3 is 2.46 bits per heavy atom. The zero-order chi connectivity index (χ0) is 20.6. The minimum absolute atomic E-state index is 0.0647. The van der Waals surface area contributed by atoms with E-state index in [0.29, 0.717) is 31.3 Å². The first-order chi connectivity index (χ1) is 13.0. The van der Waals surface area contributed by atoms with Crippen molar-refractivity contribution in [1.82, 2.24) is 0 Å². The Balaban J connectivity index is 1.75. The second-order valence-corrected chi connectivity index (χ2v) is 9.75. The number of carbonyl (C=O) groups excluding carboxylic acids is 4. The Labute approximate surface area is 165 Å². The van der Waals surface area contributed by atoms with Crippen molar-refractivity contribution < 1.29 is 28.7 Å². The molecule has 28 heavy (non-hydrogen) atoms. The maximum atomic E-state index is 13.3. The third-order valence-electron chi connectivity index (χ3n) is 7.95. The normalized spacial score (nSPS) is 44.6. The number of ether oxygens (including phenoxy) is 2. The van der Waals surface area contributed by atoms with E-state index < -0.39 is 22.5 Å². The van der Waals surface area contributed by atoms with Crippen LogP contribution in [0.25, 0.3) is 0 Å². The predicted octanol–water partition coefficient (Wildman–Crippen LogP) is 2.58. The van der Waals surface area contributed by atoms with Gasteiger partial charge in [0.15, 0.2) is 5.78 Å². The van der Waals surface area contributed by atoms with E-state index in [4.69, 9.17) is 9.47 Å². The van der Waals surface area contributed by atoms with E-state index in [1.807, 2.05) is 20.8 Å². The molecule has 1 saturated heterocycles. The van der Waals surface area contributed by atoms with Crippen LogP contribution in [0.2, 0.25) is 0 Å². The van der Waals surface area contributed by atoms with Crippen LogP contribution < -0.4 is 0 Å². The topological polar surface area (TPSA) is 90.0 Å². The fraction of sp³-hybridized carbons (Fsp3) is 0.727. The van der Waals surface area contributed by atoms with Crippen LogP contribution in [0.5, 0.6) is 0 Å². The van der Waals surface area contributed by atoms with Crippen LogP contribution in [-0.2, 0) is 28.7 Å². The molecule has 0 amide bonds. The highest BCUT2D eigenvalue weighted by molar-refractivity contribution is 6.23. The lowest BCUT2D eigenvalue weighted by Gasteiger charge is -2.53. The van der Waals surface area contributed by atoms with Crippen molar-refractivity contribution in [3.63, 3.8) is 0 Å². The fourth-order valence-corrected chi connectivity index (χ4v) is 6.15. The summed E-state index contributed by atoms with van der Waals surface area (Å²) in [4.78, 5) is 51.0. The van der Waals surface area contributed by atoms with Gasteiger partial charge in [0.05, 0.1) is 0 Å². The molecule has 6 heteroatoms. The highest BCUT2D eigenvalue weighted by Crippen LogP contribution is 2.60. The molecule has 2 bridgehead atoms. The van der Waals surface area contributed by atoms with Gasteiger partial charge in [0, 0.05) is 36.5 Å². The van der Waals surface area contributed by atoms with Crippen molar-refractivity contribution in [2.75, 3.05) is 0 Å².